The number of anilines is 1. The number of nitrogens with zero attached hydrogens (tertiary/aromatic N) is 1. The number of hydrogen-bond donors (Lipinski definition) is 2. The summed E-state index contributed by atoms with van der Waals surface area (Å²) in [6.45, 7) is 9.58. The molecule has 0 saturated heterocycles. The van der Waals surface area contributed by atoms with Crippen LogP contribution in [0.5, 0.6) is 0 Å². The van der Waals surface area contributed by atoms with Crippen LogP contribution in [0.3, 0.4) is 0 Å². The maximum absolute atomic E-state index is 11.6. The molecule has 0 saturated carbocycles. The highest BCUT2D eigenvalue weighted by Crippen LogP contribution is 2.29. The molecule has 2 rings (SSSR count). The number of aliphatic carboxylic acids is 1. The molecule has 1 heterocycles. The Kier molecular flexibility index (Phi) is 5.92. The van der Waals surface area contributed by atoms with Gasteiger partial charge >= 0.3 is 5.97 Å². The summed E-state index contributed by atoms with van der Waals surface area (Å²) < 4.78 is 0. The lowest BCUT2D eigenvalue weighted by Gasteiger charge is -2.29. The van der Waals surface area contributed by atoms with Gasteiger partial charge in [0.2, 0.25) is 0 Å². The fraction of sp³-hybridized carbons (Fsp3) is 0.650. The highest BCUT2D eigenvalue weighted by Gasteiger charge is 2.23. The lowest BCUT2D eigenvalue weighted by atomic mass is 9.88. The van der Waals surface area contributed by atoms with Crippen molar-refractivity contribution in [3.63, 3.8) is 0 Å². The zero-order valence-corrected chi connectivity index (χ0v) is 15.7. The molecule has 24 heavy (non-hydrogen) atoms. The third-order valence-electron chi connectivity index (χ3n) is 4.89. The Labute approximate surface area is 146 Å². The molecule has 0 spiro atoms. The number of fused-ring (bicyclic) bond motifs is 1. The van der Waals surface area contributed by atoms with Crippen LogP contribution in [0.15, 0.2) is 18.2 Å². The van der Waals surface area contributed by atoms with Crippen LogP contribution in [0, 0.1) is 5.41 Å². The summed E-state index contributed by atoms with van der Waals surface area (Å²) in [5.74, 6) is -0.763. The van der Waals surface area contributed by atoms with Gasteiger partial charge in [-0.2, -0.15) is 0 Å². The first kappa shape index (κ1) is 18.8. The van der Waals surface area contributed by atoms with Gasteiger partial charge in [0.1, 0.15) is 6.04 Å². The zero-order chi connectivity index (χ0) is 17.9. The fourth-order valence-electron chi connectivity index (χ4n) is 3.30. The lowest BCUT2D eigenvalue weighted by Crippen LogP contribution is -2.39. The van der Waals surface area contributed by atoms with Crippen LogP contribution in [0.1, 0.15) is 64.1 Å². The molecule has 0 amide bonds. The maximum Gasteiger partial charge on any atom is 0.320 e. The number of carboxylic acid groups (broad SMARTS) is 1. The lowest BCUT2D eigenvalue weighted by molar-refractivity contribution is -0.140. The number of hydrogen-bond acceptors (Lipinski definition) is 3. The third-order valence-corrected chi connectivity index (χ3v) is 4.89. The van der Waals surface area contributed by atoms with Crippen molar-refractivity contribution in [2.75, 3.05) is 18.5 Å². The molecule has 2 N–H and O–H groups in total. The number of aryl methyl sites for hydroxylation is 1. The Morgan fingerprint density at radius 3 is 2.71 bits per heavy atom. The SMILES string of the molecule is C[C@@H](N[C@@H](CCC(C)(C)C)C(=O)O)c1ccc2c(c1)N(C)CCC2. The summed E-state index contributed by atoms with van der Waals surface area (Å²) in [4.78, 5) is 13.9. The van der Waals surface area contributed by atoms with Gasteiger partial charge in [-0.05, 0) is 55.2 Å². The normalized spacial score (nSPS) is 17.3. The standard InChI is InChI=1S/C20H32N2O2/c1-14(21-17(19(23)24)10-11-20(2,3)4)16-9-8-15-7-6-12-22(5)18(15)13-16/h8-9,13-14,17,21H,6-7,10-12H2,1-5H3,(H,23,24)/t14-,17+/m1/s1. The Balaban J connectivity index is 2.08. The van der Waals surface area contributed by atoms with Crippen molar-refractivity contribution in [2.45, 2.75) is 65.5 Å². The quantitative estimate of drug-likeness (QED) is 0.827. The van der Waals surface area contributed by atoms with Crippen LogP contribution in [0.2, 0.25) is 0 Å². The number of carbonyl (C=O) groups is 1. The Morgan fingerprint density at radius 1 is 1.38 bits per heavy atom. The summed E-state index contributed by atoms with van der Waals surface area (Å²) in [5, 5.41) is 12.8. The van der Waals surface area contributed by atoms with Crippen molar-refractivity contribution < 1.29 is 9.90 Å². The molecule has 0 fully saturated rings. The predicted molar refractivity (Wildman–Crippen MR) is 99.7 cm³/mol. The van der Waals surface area contributed by atoms with Crippen LogP contribution >= 0.6 is 0 Å². The van der Waals surface area contributed by atoms with E-state index in [0.717, 1.165) is 24.9 Å². The minimum Gasteiger partial charge on any atom is -0.480 e. The van der Waals surface area contributed by atoms with Crippen LogP contribution in [0.4, 0.5) is 5.69 Å². The first-order chi connectivity index (χ1) is 11.2. The summed E-state index contributed by atoms with van der Waals surface area (Å²) in [7, 11) is 2.13. The molecule has 1 aromatic carbocycles. The van der Waals surface area contributed by atoms with E-state index in [2.05, 4.69) is 63.2 Å². The molecule has 2 atom stereocenters. The third kappa shape index (κ3) is 4.97. The second-order valence-electron chi connectivity index (χ2n) is 8.29. The highest BCUT2D eigenvalue weighted by atomic mass is 16.4. The van der Waals surface area contributed by atoms with Crippen molar-refractivity contribution in [2.24, 2.45) is 5.41 Å². The highest BCUT2D eigenvalue weighted by molar-refractivity contribution is 5.73. The number of rotatable bonds is 6. The van der Waals surface area contributed by atoms with Crippen molar-refractivity contribution in [3.05, 3.63) is 29.3 Å². The van der Waals surface area contributed by atoms with E-state index in [9.17, 15) is 9.90 Å². The van der Waals surface area contributed by atoms with Gasteiger partial charge in [-0.1, -0.05) is 32.9 Å². The van der Waals surface area contributed by atoms with Gasteiger partial charge in [0.25, 0.3) is 0 Å². The topological polar surface area (TPSA) is 52.6 Å². The van der Waals surface area contributed by atoms with E-state index in [1.807, 2.05) is 0 Å². The Bertz CT molecular complexity index is 577. The second-order valence-corrected chi connectivity index (χ2v) is 8.29. The van der Waals surface area contributed by atoms with E-state index in [-0.39, 0.29) is 11.5 Å². The maximum atomic E-state index is 11.6. The fourth-order valence-corrected chi connectivity index (χ4v) is 3.30. The smallest absolute Gasteiger partial charge is 0.320 e. The zero-order valence-electron chi connectivity index (χ0n) is 15.7. The first-order valence-electron chi connectivity index (χ1n) is 9.00. The first-order valence-corrected chi connectivity index (χ1v) is 9.00. The van der Waals surface area contributed by atoms with E-state index in [0.29, 0.717) is 6.42 Å². The van der Waals surface area contributed by atoms with Gasteiger partial charge in [0, 0.05) is 25.3 Å². The average molecular weight is 332 g/mol. The molecule has 0 radical (unpaired) electrons. The minimum absolute atomic E-state index is 0.0201. The van der Waals surface area contributed by atoms with Crippen molar-refractivity contribution in [1.29, 1.82) is 0 Å². The molecule has 0 aliphatic carbocycles. The van der Waals surface area contributed by atoms with Gasteiger partial charge in [0.05, 0.1) is 0 Å². The number of carboxylic acids is 1. The molecular formula is C20H32N2O2. The van der Waals surface area contributed by atoms with E-state index < -0.39 is 12.0 Å². The summed E-state index contributed by atoms with van der Waals surface area (Å²) in [6.07, 6.45) is 3.86. The summed E-state index contributed by atoms with van der Waals surface area (Å²) >= 11 is 0. The van der Waals surface area contributed by atoms with Gasteiger partial charge in [0.15, 0.2) is 0 Å². The van der Waals surface area contributed by atoms with E-state index in [4.69, 9.17) is 0 Å². The number of nitrogens with one attached hydrogen (secondary N) is 1. The molecule has 4 nitrogen and oxygen atoms in total. The predicted octanol–water partition coefficient (Wildman–Crippen LogP) is 4.00. The van der Waals surface area contributed by atoms with Crippen LogP contribution < -0.4 is 10.2 Å². The summed E-state index contributed by atoms with van der Waals surface area (Å²) in [5.41, 5.74) is 3.98. The summed E-state index contributed by atoms with van der Waals surface area (Å²) in [6, 6.07) is 6.07. The molecule has 0 unspecified atom stereocenters. The molecule has 1 aliphatic rings. The largest absolute Gasteiger partial charge is 0.480 e. The van der Waals surface area contributed by atoms with E-state index >= 15 is 0 Å². The molecular weight excluding hydrogens is 300 g/mol. The monoisotopic (exact) mass is 332 g/mol. The van der Waals surface area contributed by atoms with Gasteiger partial charge in [-0.15, -0.1) is 0 Å². The van der Waals surface area contributed by atoms with E-state index in [1.165, 1.54) is 17.7 Å². The Hall–Kier alpha value is -1.55. The molecule has 134 valence electrons. The van der Waals surface area contributed by atoms with Gasteiger partial charge in [-0.25, -0.2) is 0 Å². The van der Waals surface area contributed by atoms with Crippen LogP contribution in [-0.4, -0.2) is 30.7 Å². The second kappa shape index (κ2) is 7.56. The van der Waals surface area contributed by atoms with Crippen molar-refractivity contribution in [3.8, 4) is 0 Å². The van der Waals surface area contributed by atoms with Crippen molar-refractivity contribution >= 4 is 11.7 Å². The Morgan fingerprint density at radius 2 is 2.08 bits per heavy atom. The van der Waals surface area contributed by atoms with Gasteiger partial charge in [-0.3, -0.25) is 10.1 Å². The van der Waals surface area contributed by atoms with Crippen LogP contribution in [-0.2, 0) is 11.2 Å². The molecule has 4 heteroatoms. The average Bonchev–Trinajstić information content (AvgIpc) is 2.50. The molecule has 1 aromatic rings. The molecule has 0 aromatic heterocycles. The molecule has 1 aliphatic heterocycles. The van der Waals surface area contributed by atoms with Crippen LogP contribution in [0.25, 0.3) is 0 Å². The minimum atomic E-state index is -0.763. The van der Waals surface area contributed by atoms with Crippen molar-refractivity contribution in [1.82, 2.24) is 5.32 Å². The van der Waals surface area contributed by atoms with Gasteiger partial charge < -0.3 is 10.0 Å². The number of benzene rings is 1. The van der Waals surface area contributed by atoms with E-state index in [1.54, 1.807) is 0 Å². The molecule has 0 bridgehead atoms.